The quantitative estimate of drug-likeness (QED) is 0.559. The lowest BCUT2D eigenvalue weighted by molar-refractivity contribution is -0.266. The number of aliphatic hydroxyl groups excluding tert-OH is 1. The molecule has 4 aliphatic rings. The average Bonchev–Trinajstić information content (AvgIpc) is 3.10. The number of benzene rings is 1. The van der Waals surface area contributed by atoms with Crippen LogP contribution in [0.25, 0.3) is 0 Å². The molecule has 172 valence electrons. The summed E-state index contributed by atoms with van der Waals surface area (Å²) in [6.07, 6.45) is 9.77. The number of rotatable bonds is 4. The normalized spacial score (nSPS) is 39.2. The van der Waals surface area contributed by atoms with Gasteiger partial charge in [-0.1, -0.05) is 68.4 Å². The zero-order valence-electron chi connectivity index (χ0n) is 20.0. The van der Waals surface area contributed by atoms with Gasteiger partial charge in [0, 0.05) is 23.7 Å². The molecule has 3 heteroatoms. The highest BCUT2D eigenvalue weighted by Crippen LogP contribution is 2.74. The first-order valence-electron chi connectivity index (χ1n) is 12.3. The molecule has 0 aromatic heterocycles. The second-order valence-electron chi connectivity index (χ2n) is 11.4. The molecule has 0 radical (unpaired) electrons. The second kappa shape index (κ2) is 7.33. The summed E-state index contributed by atoms with van der Waals surface area (Å²) in [6, 6.07) is 7.62. The van der Waals surface area contributed by atoms with Gasteiger partial charge in [0.2, 0.25) is 0 Å². The largest absolute Gasteiger partial charge is 0.497 e. The number of methoxy groups -OCH3 is 1. The number of fused-ring (bicyclic) bond motifs is 2. The molecule has 1 aromatic carbocycles. The number of aliphatic hydroxyl groups is 2. The van der Waals surface area contributed by atoms with Crippen LogP contribution in [0.1, 0.15) is 71.0 Å². The highest BCUT2D eigenvalue weighted by Gasteiger charge is 2.71. The van der Waals surface area contributed by atoms with E-state index in [1.165, 1.54) is 12.8 Å². The lowest BCUT2D eigenvalue weighted by Gasteiger charge is -2.68. The summed E-state index contributed by atoms with van der Waals surface area (Å²) in [4.78, 5) is 0. The highest BCUT2D eigenvalue weighted by atomic mass is 16.5. The molecule has 4 aliphatic carbocycles. The number of ether oxygens (including phenoxy) is 1. The molecule has 0 heterocycles. The predicted molar refractivity (Wildman–Crippen MR) is 128 cm³/mol. The molecular weight excluding hydrogens is 396 g/mol. The van der Waals surface area contributed by atoms with Gasteiger partial charge in [-0.25, -0.2) is 0 Å². The van der Waals surface area contributed by atoms with Gasteiger partial charge in [-0.2, -0.15) is 0 Å². The Morgan fingerprint density at radius 1 is 1.12 bits per heavy atom. The molecule has 5 rings (SSSR count). The van der Waals surface area contributed by atoms with Crippen LogP contribution in [0.15, 0.2) is 59.7 Å². The maximum absolute atomic E-state index is 12.4. The summed E-state index contributed by atoms with van der Waals surface area (Å²) in [5.41, 5.74) is 4.11. The van der Waals surface area contributed by atoms with Gasteiger partial charge in [-0.15, -0.1) is 0 Å². The van der Waals surface area contributed by atoms with Crippen molar-refractivity contribution in [3.63, 3.8) is 0 Å². The summed E-state index contributed by atoms with van der Waals surface area (Å²) in [5.74, 6) is 1.36. The van der Waals surface area contributed by atoms with Crippen LogP contribution >= 0.6 is 0 Å². The van der Waals surface area contributed by atoms with Gasteiger partial charge in [0.05, 0.1) is 18.8 Å². The van der Waals surface area contributed by atoms with E-state index in [-0.39, 0.29) is 22.7 Å². The minimum Gasteiger partial charge on any atom is -0.497 e. The van der Waals surface area contributed by atoms with Gasteiger partial charge in [0.25, 0.3) is 0 Å². The van der Waals surface area contributed by atoms with Crippen molar-refractivity contribution >= 4 is 0 Å². The molecule has 0 bridgehead atoms. The standard InChI is InChI=1S/C29H38O3/c1-18(2)22-12-13-27(4)14-15-28-17-24(26(30)20-7-9-21(32-5)10-8-20)29(28,31)16-19(3)6-11-23(28)25(22)27/h6-11,18,23-24,26,30-31H,3,12-17H2,1-2,4-5H3/t23-,24+,26+,27-,28+,29-/m1/s1. The first kappa shape index (κ1) is 22.0. The van der Waals surface area contributed by atoms with Crippen molar-refractivity contribution in [1.29, 1.82) is 0 Å². The number of hydrogen-bond donors (Lipinski definition) is 2. The third-order valence-electron chi connectivity index (χ3n) is 9.59. The van der Waals surface area contributed by atoms with E-state index in [1.807, 2.05) is 24.3 Å². The van der Waals surface area contributed by atoms with Gasteiger partial charge in [0.15, 0.2) is 0 Å². The zero-order chi connectivity index (χ0) is 22.9. The molecule has 1 aromatic rings. The van der Waals surface area contributed by atoms with Crippen molar-refractivity contribution in [3.8, 4) is 5.75 Å². The Hall–Kier alpha value is -1.84. The van der Waals surface area contributed by atoms with Crippen molar-refractivity contribution in [2.45, 2.75) is 71.0 Å². The van der Waals surface area contributed by atoms with Gasteiger partial charge < -0.3 is 14.9 Å². The molecule has 0 unspecified atom stereocenters. The van der Waals surface area contributed by atoms with Crippen molar-refractivity contribution in [1.82, 2.24) is 0 Å². The predicted octanol–water partition coefficient (Wildman–Crippen LogP) is 6.14. The summed E-state index contributed by atoms with van der Waals surface area (Å²) in [7, 11) is 1.65. The highest BCUT2D eigenvalue weighted by molar-refractivity contribution is 5.45. The van der Waals surface area contributed by atoms with Crippen LogP contribution in [0.3, 0.4) is 0 Å². The van der Waals surface area contributed by atoms with Gasteiger partial charge in [0.1, 0.15) is 5.75 Å². The van der Waals surface area contributed by atoms with E-state index in [0.717, 1.165) is 36.1 Å². The lowest BCUT2D eigenvalue weighted by atomic mass is 9.38. The van der Waals surface area contributed by atoms with Crippen LogP contribution in [0.2, 0.25) is 0 Å². The smallest absolute Gasteiger partial charge is 0.118 e. The molecule has 0 amide bonds. The molecule has 2 N–H and O–H groups in total. The topological polar surface area (TPSA) is 49.7 Å². The number of allylic oxidation sites excluding steroid dienone is 4. The second-order valence-corrected chi connectivity index (χ2v) is 11.4. The Labute approximate surface area is 192 Å². The maximum atomic E-state index is 12.4. The molecule has 0 aliphatic heterocycles. The Balaban J connectivity index is 1.56. The van der Waals surface area contributed by atoms with Crippen LogP contribution < -0.4 is 4.74 Å². The van der Waals surface area contributed by atoms with E-state index in [2.05, 4.69) is 39.5 Å². The molecule has 32 heavy (non-hydrogen) atoms. The van der Waals surface area contributed by atoms with E-state index in [1.54, 1.807) is 18.3 Å². The van der Waals surface area contributed by atoms with Crippen molar-refractivity contribution in [3.05, 3.63) is 65.3 Å². The minimum atomic E-state index is -0.948. The van der Waals surface area contributed by atoms with Crippen molar-refractivity contribution in [2.24, 2.45) is 28.6 Å². The van der Waals surface area contributed by atoms with Gasteiger partial charge >= 0.3 is 0 Å². The summed E-state index contributed by atoms with van der Waals surface area (Å²) in [5, 5.41) is 23.8. The summed E-state index contributed by atoms with van der Waals surface area (Å²) in [6.45, 7) is 11.4. The fraction of sp³-hybridized carbons (Fsp3) is 0.586. The summed E-state index contributed by atoms with van der Waals surface area (Å²) < 4.78 is 5.28. The van der Waals surface area contributed by atoms with E-state index in [4.69, 9.17) is 4.74 Å². The third kappa shape index (κ3) is 2.86. The fourth-order valence-corrected chi connectivity index (χ4v) is 7.75. The average molecular weight is 435 g/mol. The SMILES string of the molecule is C=C1C=C[C@@H]2C3=C(C(C)C)CC[C@]3(C)CC[C@]23C[C@@H]([C@@H](O)c2ccc(OC)cc2)[C@]3(O)C1. The van der Waals surface area contributed by atoms with Crippen molar-refractivity contribution < 1.29 is 14.9 Å². The van der Waals surface area contributed by atoms with Crippen LogP contribution in [0, 0.1) is 28.6 Å². The Morgan fingerprint density at radius 3 is 2.50 bits per heavy atom. The Bertz CT molecular complexity index is 986. The van der Waals surface area contributed by atoms with Crippen LogP contribution in [-0.2, 0) is 0 Å². The molecular formula is C29H38O3. The molecule has 3 nitrogen and oxygen atoms in total. The zero-order valence-corrected chi connectivity index (χ0v) is 20.0. The maximum Gasteiger partial charge on any atom is 0.118 e. The molecule has 1 spiro atoms. The number of hydrogen-bond acceptors (Lipinski definition) is 3. The van der Waals surface area contributed by atoms with E-state index < -0.39 is 11.7 Å². The molecule has 0 saturated heterocycles. The first-order valence-corrected chi connectivity index (χ1v) is 12.3. The van der Waals surface area contributed by atoms with Crippen LogP contribution in [-0.4, -0.2) is 22.9 Å². The Morgan fingerprint density at radius 2 is 1.84 bits per heavy atom. The Kier molecular flexibility index (Phi) is 5.04. The van der Waals surface area contributed by atoms with E-state index in [0.29, 0.717) is 12.3 Å². The lowest BCUT2D eigenvalue weighted by Crippen LogP contribution is -2.69. The van der Waals surface area contributed by atoms with E-state index in [9.17, 15) is 10.2 Å². The monoisotopic (exact) mass is 434 g/mol. The van der Waals surface area contributed by atoms with Crippen LogP contribution in [0.5, 0.6) is 5.75 Å². The molecule has 2 saturated carbocycles. The van der Waals surface area contributed by atoms with Gasteiger partial charge in [-0.05, 0) is 61.1 Å². The molecule has 2 fully saturated rings. The van der Waals surface area contributed by atoms with Crippen molar-refractivity contribution in [2.75, 3.05) is 7.11 Å². The molecule has 6 atom stereocenters. The van der Waals surface area contributed by atoms with E-state index >= 15 is 0 Å². The fourth-order valence-electron chi connectivity index (χ4n) is 7.75. The van der Waals surface area contributed by atoms with Gasteiger partial charge in [-0.3, -0.25) is 0 Å². The summed E-state index contributed by atoms with van der Waals surface area (Å²) >= 11 is 0. The van der Waals surface area contributed by atoms with Crippen LogP contribution in [0.4, 0.5) is 0 Å². The minimum absolute atomic E-state index is 0.191. The first-order chi connectivity index (χ1) is 15.1. The third-order valence-corrected chi connectivity index (χ3v) is 9.59.